The molecule has 1 aromatic rings. The number of benzene rings is 1. The molecule has 0 amide bonds. The predicted octanol–water partition coefficient (Wildman–Crippen LogP) is 1.57. The molecule has 6 heteroatoms. The molecule has 1 rings (SSSR count). The monoisotopic (exact) mass is 231 g/mol. The first-order valence-electron chi connectivity index (χ1n) is 4.22. The second-order valence-electron chi connectivity index (χ2n) is 3.09. The Hall–Kier alpha value is -1.98. The maximum absolute atomic E-state index is 13.1. The highest BCUT2D eigenvalue weighted by atomic mass is 19.2. The van der Waals surface area contributed by atoms with E-state index in [1.165, 1.54) is 0 Å². The molecule has 0 heterocycles. The zero-order chi connectivity index (χ0) is 12.3. The van der Waals surface area contributed by atoms with Crippen molar-refractivity contribution < 1.29 is 23.1 Å². The van der Waals surface area contributed by atoms with E-state index in [4.69, 9.17) is 10.8 Å². The van der Waals surface area contributed by atoms with Gasteiger partial charge in [-0.2, -0.15) is 0 Å². The fraction of sp³-hybridized carbons (Fsp3) is 0.100. The van der Waals surface area contributed by atoms with Crippen molar-refractivity contribution >= 4 is 5.97 Å². The Balaban J connectivity index is 2.98. The smallest absolute Gasteiger partial charge is 0.330 e. The summed E-state index contributed by atoms with van der Waals surface area (Å²) in [6.45, 7) is 0. The molecule has 3 N–H and O–H groups in total. The molecule has 1 aromatic carbocycles. The molecule has 0 fully saturated rings. The van der Waals surface area contributed by atoms with Crippen LogP contribution in [0.4, 0.5) is 13.2 Å². The average Bonchev–Trinajstić information content (AvgIpc) is 2.12. The minimum absolute atomic E-state index is 0.155. The van der Waals surface area contributed by atoms with Gasteiger partial charge in [0.2, 0.25) is 0 Å². The molecular weight excluding hydrogens is 223 g/mol. The number of hydrogen-bond donors (Lipinski definition) is 2. The minimum Gasteiger partial charge on any atom is -0.478 e. The third-order valence-corrected chi connectivity index (χ3v) is 1.79. The third kappa shape index (κ3) is 3.01. The lowest BCUT2D eigenvalue weighted by Gasteiger charge is -2.04. The maximum atomic E-state index is 13.1. The van der Waals surface area contributed by atoms with E-state index in [0.29, 0.717) is 18.2 Å². The van der Waals surface area contributed by atoms with Crippen LogP contribution in [0.15, 0.2) is 23.9 Å². The van der Waals surface area contributed by atoms with Gasteiger partial charge in [-0.05, 0) is 11.6 Å². The van der Waals surface area contributed by atoms with Crippen molar-refractivity contribution in [1.82, 2.24) is 0 Å². The normalized spacial score (nSPS) is 11.6. The molecular formula is C10H8F3NO2. The Morgan fingerprint density at radius 2 is 1.81 bits per heavy atom. The summed E-state index contributed by atoms with van der Waals surface area (Å²) in [7, 11) is 0. The number of carboxylic acids is 1. The highest BCUT2D eigenvalue weighted by Crippen LogP contribution is 2.15. The van der Waals surface area contributed by atoms with E-state index < -0.39 is 23.4 Å². The summed E-state index contributed by atoms with van der Waals surface area (Å²) in [5, 5.41) is 8.35. The fourth-order valence-corrected chi connectivity index (χ4v) is 1.13. The molecule has 3 nitrogen and oxygen atoms in total. The average molecular weight is 231 g/mol. The van der Waals surface area contributed by atoms with Crippen LogP contribution in [0.2, 0.25) is 0 Å². The zero-order valence-electron chi connectivity index (χ0n) is 8.01. The van der Waals surface area contributed by atoms with Crippen LogP contribution in [-0.2, 0) is 11.2 Å². The molecule has 0 aliphatic rings. The summed E-state index contributed by atoms with van der Waals surface area (Å²) >= 11 is 0. The lowest BCUT2D eigenvalue weighted by molar-refractivity contribution is -0.131. The summed E-state index contributed by atoms with van der Waals surface area (Å²) < 4.78 is 38.4. The highest BCUT2D eigenvalue weighted by Gasteiger charge is 2.10. The molecule has 16 heavy (non-hydrogen) atoms. The number of halogens is 3. The topological polar surface area (TPSA) is 63.3 Å². The molecule has 0 saturated heterocycles. The van der Waals surface area contributed by atoms with Crippen LogP contribution >= 0.6 is 0 Å². The largest absolute Gasteiger partial charge is 0.478 e. The van der Waals surface area contributed by atoms with Gasteiger partial charge < -0.3 is 10.8 Å². The van der Waals surface area contributed by atoms with Crippen molar-refractivity contribution in [2.45, 2.75) is 6.42 Å². The first-order chi connectivity index (χ1) is 7.40. The van der Waals surface area contributed by atoms with Gasteiger partial charge in [-0.1, -0.05) is 0 Å². The van der Waals surface area contributed by atoms with E-state index in [9.17, 15) is 18.0 Å². The Bertz CT molecular complexity index is 458. The van der Waals surface area contributed by atoms with Crippen molar-refractivity contribution in [3.05, 3.63) is 46.9 Å². The summed E-state index contributed by atoms with van der Waals surface area (Å²) in [5.74, 6) is -4.78. The fourth-order valence-electron chi connectivity index (χ4n) is 1.13. The van der Waals surface area contributed by atoms with E-state index in [2.05, 4.69) is 0 Å². The molecule has 0 bridgehead atoms. The Morgan fingerprint density at radius 1 is 1.25 bits per heavy atom. The number of allylic oxidation sites excluding steroid dienone is 1. The lowest BCUT2D eigenvalue weighted by Crippen LogP contribution is -2.07. The third-order valence-electron chi connectivity index (χ3n) is 1.79. The van der Waals surface area contributed by atoms with Crippen LogP contribution in [0.3, 0.4) is 0 Å². The quantitative estimate of drug-likeness (QED) is 0.613. The zero-order valence-corrected chi connectivity index (χ0v) is 8.01. The Morgan fingerprint density at radius 3 is 2.38 bits per heavy atom. The van der Waals surface area contributed by atoms with Gasteiger partial charge >= 0.3 is 5.97 Å². The van der Waals surface area contributed by atoms with Gasteiger partial charge in [0.05, 0.1) is 0 Å². The van der Waals surface area contributed by atoms with Crippen LogP contribution in [0.1, 0.15) is 5.56 Å². The van der Waals surface area contributed by atoms with Crippen LogP contribution in [0.5, 0.6) is 0 Å². The number of carbonyl (C=O) groups is 1. The van der Waals surface area contributed by atoms with E-state index in [1.807, 2.05) is 0 Å². The van der Waals surface area contributed by atoms with E-state index in [0.717, 1.165) is 0 Å². The Labute approximate surface area is 89.0 Å². The maximum Gasteiger partial charge on any atom is 0.330 e. The molecule has 86 valence electrons. The number of hydrogen-bond acceptors (Lipinski definition) is 2. The van der Waals surface area contributed by atoms with Gasteiger partial charge in [0.15, 0.2) is 11.6 Å². The van der Waals surface area contributed by atoms with Gasteiger partial charge in [0, 0.05) is 24.3 Å². The van der Waals surface area contributed by atoms with Gasteiger partial charge in [-0.25, -0.2) is 18.0 Å². The van der Waals surface area contributed by atoms with Gasteiger partial charge in [-0.3, -0.25) is 0 Å². The predicted molar refractivity (Wildman–Crippen MR) is 49.9 cm³/mol. The second kappa shape index (κ2) is 4.69. The summed E-state index contributed by atoms with van der Waals surface area (Å²) in [4.78, 5) is 10.2. The number of carboxylic acid groups (broad SMARTS) is 1. The van der Waals surface area contributed by atoms with E-state index in [1.54, 1.807) is 0 Å². The Kier molecular flexibility index (Phi) is 3.55. The molecule has 0 spiro atoms. The van der Waals surface area contributed by atoms with Gasteiger partial charge in [-0.15, -0.1) is 0 Å². The van der Waals surface area contributed by atoms with Crippen LogP contribution in [-0.4, -0.2) is 11.1 Å². The minimum atomic E-state index is -1.30. The second-order valence-corrected chi connectivity index (χ2v) is 3.09. The molecule has 0 aliphatic carbocycles. The van der Waals surface area contributed by atoms with Crippen molar-refractivity contribution in [2.24, 2.45) is 5.73 Å². The van der Waals surface area contributed by atoms with Crippen molar-refractivity contribution in [3.8, 4) is 0 Å². The molecule has 0 aliphatic heterocycles. The number of aliphatic carboxylic acids is 1. The molecule has 0 unspecified atom stereocenters. The molecule has 0 saturated carbocycles. The first-order valence-corrected chi connectivity index (χ1v) is 4.22. The molecule has 0 aromatic heterocycles. The van der Waals surface area contributed by atoms with Gasteiger partial charge in [0.25, 0.3) is 0 Å². The summed E-state index contributed by atoms with van der Waals surface area (Å²) in [5.41, 5.74) is 4.91. The summed E-state index contributed by atoms with van der Waals surface area (Å²) in [6.07, 6.45) is 0.371. The van der Waals surface area contributed by atoms with Crippen LogP contribution < -0.4 is 5.73 Å². The highest BCUT2D eigenvalue weighted by molar-refractivity contribution is 5.80. The standard InChI is InChI=1S/C10H8F3NO2/c11-7-4-9(13)8(12)2-5(7)1-6(14)3-10(15)16/h2-4H,1,14H2,(H,15,16). The SMILES string of the molecule is NC(=CC(=O)O)Cc1cc(F)c(F)cc1F. The lowest BCUT2D eigenvalue weighted by atomic mass is 10.1. The van der Waals surface area contributed by atoms with Gasteiger partial charge in [0.1, 0.15) is 5.82 Å². The van der Waals surface area contributed by atoms with Crippen molar-refractivity contribution in [1.29, 1.82) is 0 Å². The van der Waals surface area contributed by atoms with E-state index >= 15 is 0 Å². The molecule has 0 atom stereocenters. The van der Waals surface area contributed by atoms with Crippen molar-refractivity contribution in [2.75, 3.05) is 0 Å². The number of nitrogens with two attached hydrogens (primary N) is 1. The summed E-state index contributed by atoms with van der Waals surface area (Å²) in [6, 6.07) is 1.03. The first kappa shape index (κ1) is 12.1. The van der Waals surface area contributed by atoms with Crippen molar-refractivity contribution in [3.63, 3.8) is 0 Å². The molecule has 0 radical (unpaired) electrons. The van der Waals surface area contributed by atoms with Crippen LogP contribution in [0, 0.1) is 17.5 Å². The number of rotatable bonds is 3. The van der Waals surface area contributed by atoms with Crippen LogP contribution in [0.25, 0.3) is 0 Å². The van der Waals surface area contributed by atoms with E-state index in [-0.39, 0.29) is 17.7 Å².